The fourth-order valence-electron chi connectivity index (χ4n) is 10.7. The molecule has 71 heavy (non-hydrogen) atoms. The largest absolute Gasteiger partial charge is 0.460 e. The monoisotopic (exact) mass is 988 g/mol. The highest BCUT2D eigenvalue weighted by Gasteiger charge is 2.53. The van der Waals surface area contributed by atoms with E-state index in [2.05, 4.69) is 0 Å². The Morgan fingerprint density at radius 1 is 0.859 bits per heavy atom. The molecule has 0 unspecified atom stereocenters. The van der Waals surface area contributed by atoms with Crippen LogP contribution in [0.3, 0.4) is 0 Å². The average Bonchev–Trinajstić information content (AvgIpc) is 3.36. The molecule has 0 spiro atoms. The number of ether oxygens (including phenoxy) is 5. The number of carbonyl (C=O) groups is 6. The number of nitrogens with zero attached hydrogens (tertiary/aromatic N) is 1. The van der Waals surface area contributed by atoms with Gasteiger partial charge in [0.05, 0.1) is 17.8 Å². The second-order valence-corrected chi connectivity index (χ2v) is 21.0. The van der Waals surface area contributed by atoms with Gasteiger partial charge in [0.25, 0.3) is 11.7 Å². The van der Waals surface area contributed by atoms with Crippen LogP contribution >= 0.6 is 0 Å². The summed E-state index contributed by atoms with van der Waals surface area (Å²) in [4.78, 5) is 85.1. The lowest BCUT2D eigenvalue weighted by Gasteiger charge is -2.42. The van der Waals surface area contributed by atoms with Crippen LogP contribution in [0.25, 0.3) is 0 Å². The molecule has 0 radical (unpaired) electrons. The molecule has 1 saturated carbocycles. The van der Waals surface area contributed by atoms with E-state index >= 15 is 0 Å². The first-order chi connectivity index (χ1) is 33.8. The Kier molecular flexibility index (Phi) is 21.7. The maximum atomic E-state index is 14.5. The molecule has 4 aliphatic rings. The topological polar surface area (TPSA) is 192 Å². The van der Waals surface area contributed by atoms with Crippen LogP contribution in [0.1, 0.15) is 142 Å². The van der Waals surface area contributed by atoms with Gasteiger partial charge < -0.3 is 38.8 Å². The van der Waals surface area contributed by atoms with E-state index in [0.717, 1.165) is 18.4 Å². The lowest BCUT2D eigenvalue weighted by Crippen LogP contribution is -2.61. The first-order valence-corrected chi connectivity index (χ1v) is 26.0. The minimum atomic E-state index is -2.44. The second-order valence-electron chi connectivity index (χ2n) is 21.0. The SMILES string of the molecule is CO[C@H]1C[C@@H]2CC[C@@H](C)[C@@](O)(O2)C(=O)C(=O)N2CCCC[C@H]2C(=O)O[C@H]([C@H](C)CC2CCC(OC(=O)c3ccccc3)CC2)CC(=O)[C@H](C)/C=C(\C)[C@@H](O)[C@@H](OC)C(=O)[C@H](C)C[C@H](C)/C=C/C=C/C=C/1C. The van der Waals surface area contributed by atoms with Crippen LogP contribution in [-0.2, 0) is 47.7 Å². The van der Waals surface area contributed by atoms with Gasteiger partial charge in [0.1, 0.15) is 36.2 Å². The number of aliphatic hydroxyl groups excluding tert-OH is 1. The van der Waals surface area contributed by atoms with E-state index < -0.39 is 77.8 Å². The van der Waals surface area contributed by atoms with Gasteiger partial charge in [0.2, 0.25) is 5.79 Å². The van der Waals surface area contributed by atoms with Crippen LogP contribution in [0.4, 0.5) is 0 Å². The predicted molar refractivity (Wildman–Crippen MR) is 269 cm³/mol. The Hall–Kier alpha value is -4.60. The van der Waals surface area contributed by atoms with Gasteiger partial charge in [-0.2, -0.15) is 0 Å². The molecule has 1 aliphatic carbocycles. The third kappa shape index (κ3) is 15.5. The predicted octanol–water partition coefficient (Wildman–Crippen LogP) is 8.42. The molecule has 12 atom stereocenters. The van der Waals surface area contributed by atoms with E-state index in [1.165, 1.54) is 12.0 Å². The number of hydrogen-bond acceptors (Lipinski definition) is 13. The Morgan fingerprint density at radius 3 is 2.24 bits per heavy atom. The molecule has 2 bridgehead atoms. The highest BCUT2D eigenvalue weighted by Crippen LogP contribution is 2.38. The van der Waals surface area contributed by atoms with E-state index in [-0.39, 0.29) is 60.8 Å². The fraction of sp³-hybridized carbons (Fsp3) is 0.649. The van der Waals surface area contributed by atoms with Crippen molar-refractivity contribution in [3.05, 3.63) is 83.5 Å². The average molecular weight is 988 g/mol. The maximum Gasteiger partial charge on any atom is 0.338 e. The van der Waals surface area contributed by atoms with E-state index in [9.17, 15) is 39.0 Å². The minimum absolute atomic E-state index is 0.0133. The maximum absolute atomic E-state index is 14.5. The Bertz CT molecular complexity index is 2110. The van der Waals surface area contributed by atoms with Crippen molar-refractivity contribution >= 4 is 35.2 Å². The van der Waals surface area contributed by atoms with Gasteiger partial charge in [-0.25, -0.2) is 9.59 Å². The number of ketones is 3. The van der Waals surface area contributed by atoms with E-state index in [1.54, 1.807) is 58.2 Å². The van der Waals surface area contributed by atoms with Gasteiger partial charge in [-0.15, -0.1) is 0 Å². The number of Topliss-reactive ketones (excluding diaryl/α,β-unsaturated/α-hetero) is 3. The number of allylic oxidation sites excluding steroid dienone is 6. The van der Waals surface area contributed by atoms with Crippen LogP contribution < -0.4 is 0 Å². The van der Waals surface area contributed by atoms with E-state index in [4.69, 9.17) is 23.7 Å². The molecule has 3 fully saturated rings. The summed E-state index contributed by atoms with van der Waals surface area (Å²) in [5.74, 6) is -8.28. The molecule has 392 valence electrons. The van der Waals surface area contributed by atoms with Gasteiger partial charge in [0.15, 0.2) is 5.78 Å². The van der Waals surface area contributed by atoms with Crippen molar-refractivity contribution in [3.8, 4) is 0 Å². The normalized spacial score (nSPS) is 36.8. The van der Waals surface area contributed by atoms with Gasteiger partial charge in [-0.1, -0.05) is 89.3 Å². The van der Waals surface area contributed by atoms with Crippen molar-refractivity contribution in [1.82, 2.24) is 4.90 Å². The van der Waals surface area contributed by atoms with E-state index in [1.807, 2.05) is 64.1 Å². The minimum Gasteiger partial charge on any atom is -0.460 e. The number of methoxy groups -OCH3 is 2. The number of esters is 2. The van der Waals surface area contributed by atoms with Gasteiger partial charge in [-0.05, 0) is 126 Å². The molecule has 1 amide bonds. The Morgan fingerprint density at radius 2 is 1.56 bits per heavy atom. The second kappa shape index (κ2) is 26.9. The number of piperidine rings is 1. The number of amides is 1. The van der Waals surface area contributed by atoms with Crippen molar-refractivity contribution in [1.29, 1.82) is 0 Å². The van der Waals surface area contributed by atoms with Crippen molar-refractivity contribution in [3.63, 3.8) is 0 Å². The van der Waals surface area contributed by atoms with Crippen LogP contribution in [0, 0.1) is 35.5 Å². The molecule has 3 aliphatic heterocycles. The van der Waals surface area contributed by atoms with Crippen molar-refractivity contribution in [2.45, 2.75) is 180 Å². The molecular formula is C57H81NO13. The quantitative estimate of drug-likeness (QED) is 0.150. The molecule has 0 aromatic heterocycles. The van der Waals surface area contributed by atoms with Crippen LogP contribution in [0.15, 0.2) is 77.9 Å². The number of benzene rings is 1. The molecule has 14 heteroatoms. The van der Waals surface area contributed by atoms with Crippen molar-refractivity contribution < 1.29 is 62.7 Å². The fourth-order valence-corrected chi connectivity index (χ4v) is 10.7. The first-order valence-electron chi connectivity index (χ1n) is 26.0. The molecule has 1 aromatic carbocycles. The van der Waals surface area contributed by atoms with Gasteiger partial charge in [-0.3, -0.25) is 19.2 Å². The smallest absolute Gasteiger partial charge is 0.338 e. The summed E-state index contributed by atoms with van der Waals surface area (Å²) < 4.78 is 29.8. The number of carbonyl (C=O) groups excluding carboxylic acids is 6. The summed E-state index contributed by atoms with van der Waals surface area (Å²) in [7, 11) is 2.96. The summed E-state index contributed by atoms with van der Waals surface area (Å²) in [5.41, 5.74) is 1.76. The Labute approximate surface area is 421 Å². The lowest BCUT2D eigenvalue weighted by atomic mass is 9.79. The summed E-state index contributed by atoms with van der Waals surface area (Å²) in [6.45, 7) is 12.8. The zero-order valence-corrected chi connectivity index (χ0v) is 43.6. The zero-order chi connectivity index (χ0) is 52.0. The zero-order valence-electron chi connectivity index (χ0n) is 43.6. The standard InChI is InChI=1S/C57H81NO13/c1-35-18-12-10-13-19-36(2)48(67-8)33-45-26-23-41(7)57(66,71-45)53(62)54(63)58-29-17-16-22-46(58)56(65)70-49(34-47(59)37(3)31-40(6)51(61)52(68-9)50(60)39(5)30-35)38(4)32-42-24-27-44(28-25-42)69-55(64)43-20-14-11-15-21-43/h10-15,18-21,31,35,37-39,41-42,44-46,48-49,51-52,61,66H,16-17,22-30,32-34H2,1-9H3/b13-10+,18-12+,36-19+,40-31+/t35-,37-,38-,39-,41-,42?,44?,45+,46+,48+,49+,51-,52+,57-/m1/s1. The first kappa shape index (κ1) is 57.3. The highest BCUT2D eigenvalue weighted by molar-refractivity contribution is 6.39. The molecule has 2 N–H and O–H groups in total. The van der Waals surface area contributed by atoms with Crippen LogP contribution in [0.5, 0.6) is 0 Å². The molecule has 3 heterocycles. The molecule has 14 nitrogen and oxygen atoms in total. The number of rotatable bonds is 7. The van der Waals surface area contributed by atoms with E-state index in [0.29, 0.717) is 68.9 Å². The number of cyclic esters (lactones) is 1. The summed E-state index contributed by atoms with van der Waals surface area (Å²) in [6, 6.07) is 7.72. The van der Waals surface area contributed by atoms with Gasteiger partial charge >= 0.3 is 11.9 Å². The molecule has 5 rings (SSSR count). The number of aliphatic hydroxyl groups is 2. The lowest BCUT2D eigenvalue weighted by molar-refractivity contribution is -0.265. The third-order valence-electron chi connectivity index (χ3n) is 15.4. The van der Waals surface area contributed by atoms with Crippen LogP contribution in [-0.4, -0.2) is 120 Å². The Balaban J connectivity index is 1.42. The molecular weight excluding hydrogens is 907 g/mol. The number of hydrogen-bond donors (Lipinski definition) is 2. The highest BCUT2D eigenvalue weighted by atomic mass is 16.6. The third-order valence-corrected chi connectivity index (χ3v) is 15.4. The van der Waals surface area contributed by atoms with Crippen molar-refractivity contribution in [2.75, 3.05) is 20.8 Å². The molecule has 1 aromatic rings. The number of fused-ring (bicyclic) bond motifs is 3. The van der Waals surface area contributed by atoms with Gasteiger partial charge in [0, 0.05) is 51.4 Å². The summed E-state index contributed by atoms with van der Waals surface area (Å²) >= 11 is 0. The van der Waals surface area contributed by atoms with Crippen molar-refractivity contribution in [2.24, 2.45) is 35.5 Å². The summed E-state index contributed by atoms with van der Waals surface area (Å²) in [5, 5.41) is 23.5. The summed E-state index contributed by atoms with van der Waals surface area (Å²) in [6.07, 6.45) is 12.8. The molecule has 2 saturated heterocycles. The van der Waals surface area contributed by atoms with Crippen LogP contribution in [0.2, 0.25) is 0 Å².